The topological polar surface area (TPSA) is 37.3 Å². The molecule has 0 bridgehead atoms. The van der Waals surface area contributed by atoms with Gasteiger partial charge in [0, 0.05) is 0 Å². The summed E-state index contributed by atoms with van der Waals surface area (Å²) in [5, 5.41) is 9.35. The van der Waals surface area contributed by atoms with E-state index in [0.717, 1.165) is 6.08 Å². The van der Waals surface area contributed by atoms with Crippen LogP contribution in [0.4, 0.5) is 0 Å². The lowest BCUT2D eigenvalue weighted by atomic mass is 10.1. The fourth-order valence-electron chi connectivity index (χ4n) is 0.853. The van der Waals surface area contributed by atoms with E-state index in [1.165, 1.54) is 0 Å². The first-order chi connectivity index (χ1) is 5.75. The van der Waals surface area contributed by atoms with Crippen LogP contribution in [0.5, 0.6) is 0 Å². The Bertz CT molecular complexity index is 277. The summed E-state index contributed by atoms with van der Waals surface area (Å²) in [7, 11) is 0. The van der Waals surface area contributed by atoms with Crippen molar-refractivity contribution < 1.29 is 9.90 Å². The number of rotatable bonds is 3. The van der Waals surface area contributed by atoms with Gasteiger partial charge in [0.2, 0.25) is 0 Å². The Morgan fingerprint density at radius 1 is 1.75 bits per heavy atom. The Balaban J connectivity index is 2.85. The Morgan fingerprint density at radius 2 is 2.50 bits per heavy atom. The van der Waals surface area contributed by atoms with Crippen molar-refractivity contribution in [3.8, 4) is 0 Å². The van der Waals surface area contributed by atoms with Crippen molar-refractivity contribution in [1.29, 1.82) is 0 Å². The predicted octanol–water partition coefficient (Wildman–Crippen LogP) is 1.28. The van der Waals surface area contributed by atoms with Crippen LogP contribution in [0.3, 0.4) is 0 Å². The maximum atomic E-state index is 10.9. The molecule has 2 nitrogen and oxygen atoms in total. The third-order valence-electron chi connectivity index (χ3n) is 1.52. The van der Waals surface area contributed by atoms with E-state index in [1.807, 2.05) is 0 Å². The summed E-state index contributed by atoms with van der Waals surface area (Å²) < 4.78 is 0. The average Bonchev–Trinajstić information content (AvgIpc) is 2.17. The highest BCUT2D eigenvalue weighted by molar-refractivity contribution is 5.93. The molecular formula is C10H9O2. The van der Waals surface area contributed by atoms with Crippen LogP contribution in [-0.2, 0) is 4.79 Å². The average molecular weight is 161 g/mol. The van der Waals surface area contributed by atoms with Gasteiger partial charge in [-0.05, 0) is 23.8 Å². The van der Waals surface area contributed by atoms with Crippen molar-refractivity contribution in [2.75, 3.05) is 0 Å². The van der Waals surface area contributed by atoms with E-state index < -0.39 is 11.9 Å². The Labute approximate surface area is 71.2 Å². The zero-order valence-corrected chi connectivity index (χ0v) is 6.53. The van der Waals surface area contributed by atoms with Crippen molar-refractivity contribution in [2.24, 2.45) is 0 Å². The molecule has 0 heterocycles. The van der Waals surface area contributed by atoms with Crippen molar-refractivity contribution >= 4 is 5.78 Å². The van der Waals surface area contributed by atoms with Gasteiger partial charge in [-0.25, -0.2) is 0 Å². The molecule has 0 aliphatic rings. The van der Waals surface area contributed by atoms with Gasteiger partial charge < -0.3 is 5.11 Å². The van der Waals surface area contributed by atoms with E-state index in [1.54, 1.807) is 24.3 Å². The van der Waals surface area contributed by atoms with Crippen LogP contribution >= 0.6 is 0 Å². The third-order valence-corrected chi connectivity index (χ3v) is 1.52. The molecule has 61 valence electrons. The summed E-state index contributed by atoms with van der Waals surface area (Å²) in [4.78, 5) is 10.9. The number of benzene rings is 1. The van der Waals surface area contributed by atoms with Crippen LogP contribution in [0.25, 0.3) is 0 Å². The highest BCUT2D eigenvalue weighted by Gasteiger charge is 2.12. The first-order valence-electron chi connectivity index (χ1n) is 3.56. The molecule has 1 rings (SSSR count). The molecule has 0 amide bonds. The van der Waals surface area contributed by atoms with Crippen LogP contribution in [0.2, 0.25) is 0 Å². The molecule has 0 aliphatic carbocycles. The van der Waals surface area contributed by atoms with Gasteiger partial charge in [0.25, 0.3) is 0 Å². The van der Waals surface area contributed by atoms with E-state index in [2.05, 4.69) is 12.6 Å². The van der Waals surface area contributed by atoms with Crippen LogP contribution in [0.1, 0.15) is 11.7 Å². The second-order valence-corrected chi connectivity index (χ2v) is 2.35. The molecule has 12 heavy (non-hydrogen) atoms. The van der Waals surface area contributed by atoms with Crippen LogP contribution < -0.4 is 0 Å². The summed E-state index contributed by atoms with van der Waals surface area (Å²) in [6, 6.07) is 9.44. The zero-order chi connectivity index (χ0) is 8.97. The summed E-state index contributed by atoms with van der Waals surface area (Å²) in [5.74, 6) is -0.394. The van der Waals surface area contributed by atoms with E-state index in [0.29, 0.717) is 5.56 Å². The SMILES string of the molecule is C=CC(=O)C(O)c1c[c]ccc1. The summed E-state index contributed by atoms with van der Waals surface area (Å²) in [6.45, 7) is 3.29. The maximum absolute atomic E-state index is 10.9. The molecule has 1 aromatic rings. The minimum absolute atomic E-state index is 0.394. The smallest absolute Gasteiger partial charge is 0.188 e. The van der Waals surface area contributed by atoms with Crippen molar-refractivity contribution in [3.05, 3.63) is 48.6 Å². The van der Waals surface area contributed by atoms with Gasteiger partial charge in [-0.1, -0.05) is 24.8 Å². The number of carbonyl (C=O) groups excluding carboxylic acids is 1. The first kappa shape index (κ1) is 8.68. The molecule has 1 atom stereocenters. The lowest BCUT2D eigenvalue weighted by Crippen LogP contribution is -2.08. The van der Waals surface area contributed by atoms with E-state index in [9.17, 15) is 9.90 Å². The quantitative estimate of drug-likeness (QED) is 0.678. The van der Waals surface area contributed by atoms with Gasteiger partial charge in [0.15, 0.2) is 5.78 Å². The molecule has 0 saturated carbocycles. The van der Waals surface area contributed by atoms with Gasteiger partial charge in [0.05, 0.1) is 0 Å². The Hall–Kier alpha value is -1.41. The summed E-state index contributed by atoms with van der Waals surface area (Å²) in [5.41, 5.74) is 0.544. The highest BCUT2D eigenvalue weighted by atomic mass is 16.3. The van der Waals surface area contributed by atoms with Crippen LogP contribution in [0.15, 0.2) is 36.9 Å². The Kier molecular flexibility index (Phi) is 2.77. The molecule has 0 aliphatic heterocycles. The van der Waals surface area contributed by atoms with Gasteiger partial charge in [-0.15, -0.1) is 0 Å². The monoisotopic (exact) mass is 161 g/mol. The fourth-order valence-corrected chi connectivity index (χ4v) is 0.853. The lowest BCUT2D eigenvalue weighted by molar-refractivity contribution is -0.122. The van der Waals surface area contributed by atoms with Crippen molar-refractivity contribution in [2.45, 2.75) is 6.10 Å². The zero-order valence-electron chi connectivity index (χ0n) is 6.53. The third kappa shape index (κ3) is 1.80. The van der Waals surface area contributed by atoms with E-state index in [4.69, 9.17) is 0 Å². The minimum Gasteiger partial charge on any atom is -0.380 e. The fraction of sp³-hybridized carbons (Fsp3) is 0.100. The second-order valence-electron chi connectivity index (χ2n) is 2.35. The largest absolute Gasteiger partial charge is 0.380 e. The van der Waals surface area contributed by atoms with Gasteiger partial charge in [0.1, 0.15) is 6.10 Å². The normalized spacial score (nSPS) is 12.1. The molecule has 0 saturated heterocycles. The van der Waals surface area contributed by atoms with E-state index >= 15 is 0 Å². The van der Waals surface area contributed by atoms with Gasteiger partial charge >= 0.3 is 0 Å². The number of hydrogen-bond donors (Lipinski definition) is 1. The summed E-state index contributed by atoms with van der Waals surface area (Å²) >= 11 is 0. The molecule has 1 aromatic carbocycles. The molecular weight excluding hydrogens is 152 g/mol. The molecule has 0 aromatic heterocycles. The number of ketones is 1. The molecule has 1 N–H and O–H groups in total. The molecule has 1 unspecified atom stereocenters. The lowest BCUT2D eigenvalue weighted by Gasteiger charge is -2.05. The maximum Gasteiger partial charge on any atom is 0.188 e. The molecule has 2 heteroatoms. The second kappa shape index (κ2) is 3.83. The van der Waals surface area contributed by atoms with Crippen molar-refractivity contribution in [3.63, 3.8) is 0 Å². The van der Waals surface area contributed by atoms with Crippen LogP contribution in [0, 0.1) is 6.07 Å². The minimum atomic E-state index is -1.10. The molecule has 1 radical (unpaired) electrons. The Morgan fingerprint density at radius 3 is 3.00 bits per heavy atom. The summed E-state index contributed by atoms with van der Waals surface area (Å²) in [6.07, 6.45) is 0.0115. The van der Waals surface area contributed by atoms with E-state index in [-0.39, 0.29) is 0 Å². The predicted molar refractivity (Wildman–Crippen MR) is 45.4 cm³/mol. The standard InChI is InChI=1S/C10H9O2/c1-2-9(11)10(12)8-6-4-3-5-7-8/h2-4,6-7,10,12H,1H2. The number of aliphatic hydroxyl groups is 1. The first-order valence-corrected chi connectivity index (χ1v) is 3.56. The van der Waals surface area contributed by atoms with Gasteiger partial charge in [-0.3, -0.25) is 4.79 Å². The van der Waals surface area contributed by atoms with Gasteiger partial charge in [-0.2, -0.15) is 0 Å². The highest BCUT2D eigenvalue weighted by Crippen LogP contribution is 2.12. The van der Waals surface area contributed by atoms with Crippen molar-refractivity contribution in [1.82, 2.24) is 0 Å². The van der Waals surface area contributed by atoms with Crippen LogP contribution in [-0.4, -0.2) is 10.9 Å². The number of aliphatic hydroxyl groups excluding tert-OH is 1. The number of carbonyl (C=O) groups is 1. The number of hydrogen-bond acceptors (Lipinski definition) is 2. The molecule has 0 fully saturated rings. The molecule has 0 spiro atoms.